The molecular formula is C18H23N3O3. The van der Waals surface area contributed by atoms with Gasteiger partial charge in [0, 0.05) is 19.8 Å². The number of carbonyl (C=O) groups excluding carboxylic acids is 1. The zero-order chi connectivity index (χ0) is 17.3. The van der Waals surface area contributed by atoms with E-state index in [1.165, 1.54) is 4.57 Å². The quantitative estimate of drug-likeness (QED) is 0.919. The number of nitrogens with zero attached hydrogens (tertiary/aromatic N) is 2. The second-order valence-electron chi connectivity index (χ2n) is 6.57. The zero-order valence-electron chi connectivity index (χ0n) is 14.3. The van der Waals surface area contributed by atoms with Gasteiger partial charge in [0.1, 0.15) is 11.4 Å². The highest BCUT2D eigenvalue weighted by atomic mass is 16.3. The average molecular weight is 329 g/mol. The number of urea groups is 1. The van der Waals surface area contributed by atoms with Gasteiger partial charge < -0.3 is 19.2 Å². The summed E-state index contributed by atoms with van der Waals surface area (Å²) in [4.78, 5) is 26.9. The van der Waals surface area contributed by atoms with Gasteiger partial charge in [0.2, 0.25) is 0 Å². The van der Waals surface area contributed by atoms with Crippen LogP contribution in [-0.4, -0.2) is 22.0 Å². The first-order valence-corrected chi connectivity index (χ1v) is 8.24. The number of anilines is 1. The van der Waals surface area contributed by atoms with E-state index in [-0.39, 0.29) is 17.6 Å². The Morgan fingerprint density at radius 2 is 2.17 bits per heavy atom. The lowest BCUT2D eigenvalue weighted by molar-refractivity contribution is 0.129. The normalized spacial score (nSPS) is 20.9. The molecule has 0 radical (unpaired) electrons. The Hall–Kier alpha value is -2.50. The third-order valence-corrected chi connectivity index (χ3v) is 4.71. The third kappa shape index (κ3) is 3.09. The van der Waals surface area contributed by atoms with Crippen LogP contribution in [0, 0.1) is 12.8 Å². The van der Waals surface area contributed by atoms with Crippen LogP contribution >= 0.6 is 0 Å². The molecule has 2 amide bonds. The van der Waals surface area contributed by atoms with E-state index >= 15 is 0 Å². The van der Waals surface area contributed by atoms with Crippen LogP contribution in [0.15, 0.2) is 39.9 Å². The third-order valence-electron chi connectivity index (χ3n) is 4.71. The van der Waals surface area contributed by atoms with E-state index in [0.29, 0.717) is 18.2 Å². The van der Waals surface area contributed by atoms with E-state index in [0.717, 1.165) is 24.2 Å². The maximum Gasteiger partial charge on any atom is 0.322 e. The summed E-state index contributed by atoms with van der Waals surface area (Å²) in [6.45, 7) is 4.64. The largest absolute Gasteiger partial charge is 0.467 e. The molecule has 3 heterocycles. The smallest absolute Gasteiger partial charge is 0.322 e. The number of nitrogens with one attached hydrogen (secondary N) is 1. The Kier molecular flexibility index (Phi) is 4.46. The standard InChI is InChI=1S/C18H23N3O3/c1-12-6-9-21(14(11-12)15-5-4-10-24-15)18(23)19-16-13(2)7-8-20(3)17(16)22/h4-5,7-8,10,12,14H,6,9,11H2,1-3H3,(H,19,23)/t12-,14+/m1/s1. The fourth-order valence-corrected chi connectivity index (χ4v) is 3.19. The molecule has 1 fully saturated rings. The summed E-state index contributed by atoms with van der Waals surface area (Å²) in [6.07, 6.45) is 5.12. The molecule has 2 aromatic rings. The second-order valence-corrected chi connectivity index (χ2v) is 6.57. The molecule has 1 N–H and O–H groups in total. The first kappa shape index (κ1) is 16.4. The van der Waals surface area contributed by atoms with Gasteiger partial charge in [-0.3, -0.25) is 4.79 Å². The summed E-state index contributed by atoms with van der Waals surface area (Å²) < 4.78 is 6.99. The van der Waals surface area contributed by atoms with Crippen LogP contribution in [-0.2, 0) is 7.05 Å². The monoisotopic (exact) mass is 329 g/mol. The van der Waals surface area contributed by atoms with Crippen molar-refractivity contribution in [3.05, 3.63) is 52.3 Å². The van der Waals surface area contributed by atoms with Gasteiger partial charge in [0.25, 0.3) is 5.56 Å². The lowest BCUT2D eigenvalue weighted by atomic mass is 9.91. The van der Waals surface area contributed by atoms with E-state index in [4.69, 9.17) is 4.42 Å². The molecule has 24 heavy (non-hydrogen) atoms. The Morgan fingerprint density at radius 3 is 2.88 bits per heavy atom. The molecule has 128 valence electrons. The van der Waals surface area contributed by atoms with Crippen molar-refractivity contribution in [1.82, 2.24) is 9.47 Å². The van der Waals surface area contributed by atoms with Crippen molar-refractivity contribution in [2.45, 2.75) is 32.7 Å². The van der Waals surface area contributed by atoms with E-state index in [9.17, 15) is 9.59 Å². The van der Waals surface area contributed by atoms with Crippen molar-refractivity contribution < 1.29 is 9.21 Å². The summed E-state index contributed by atoms with van der Waals surface area (Å²) in [5.41, 5.74) is 0.886. The Balaban J connectivity index is 1.86. The van der Waals surface area contributed by atoms with Gasteiger partial charge >= 0.3 is 6.03 Å². The fraction of sp³-hybridized carbons (Fsp3) is 0.444. The molecule has 6 heteroatoms. The summed E-state index contributed by atoms with van der Waals surface area (Å²) in [7, 11) is 1.67. The predicted octanol–water partition coefficient (Wildman–Crippen LogP) is 3.29. The van der Waals surface area contributed by atoms with Crippen molar-refractivity contribution in [3.8, 4) is 0 Å². The summed E-state index contributed by atoms with van der Waals surface area (Å²) >= 11 is 0. The van der Waals surface area contributed by atoms with Crippen molar-refractivity contribution in [2.24, 2.45) is 13.0 Å². The molecule has 0 aromatic carbocycles. The molecule has 0 saturated carbocycles. The van der Waals surface area contributed by atoms with Gasteiger partial charge in [-0.2, -0.15) is 0 Å². The number of pyridine rings is 1. The molecule has 1 aliphatic rings. The van der Waals surface area contributed by atoms with Crippen molar-refractivity contribution in [2.75, 3.05) is 11.9 Å². The van der Waals surface area contributed by atoms with Gasteiger partial charge in [-0.25, -0.2) is 4.79 Å². The average Bonchev–Trinajstić information content (AvgIpc) is 3.09. The molecule has 3 rings (SSSR count). The molecule has 0 unspecified atom stereocenters. The maximum absolute atomic E-state index is 12.8. The van der Waals surface area contributed by atoms with Gasteiger partial charge in [0.05, 0.1) is 12.3 Å². The Morgan fingerprint density at radius 1 is 1.38 bits per heavy atom. The zero-order valence-corrected chi connectivity index (χ0v) is 14.3. The fourth-order valence-electron chi connectivity index (χ4n) is 3.19. The number of aromatic nitrogens is 1. The Bertz CT molecular complexity index is 779. The maximum atomic E-state index is 12.8. The number of likely N-dealkylation sites (tertiary alicyclic amines) is 1. The second kappa shape index (κ2) is 6.55. The van der Waals surface area contributed by atoms with E-state index in [1.807, 2.05) is 25.1 Å². The van der Waals surface area contributed by atoms with Crippen molar-refractivity contribution >= 4 is 11.7 Å². The molecule has 2 aromatic heterocycles. The number of furan rings is 1. The summed E-state index contributed by atoms with van der Waals surface area (Å²) in [5, 5.41) is 2.81. The highest BCUT2D eigenvalue weighted by Crippen LogP contribution is 2.34. The first-order chi connectivity index (χ1) is 11.5. The number of piperidine rings is 1. The van der Waals surface area contributed by atoms with Gasteiger partial charge in [-0.1, -0.05) is 6.92 Å². The van der Waals surface area contributed by atoms with Crippen molar-refractivity contribution in [3.63, 3.8) is 0 Å². The summed E-state index contributed by atoms with van der Waals surface area (Å²) in [5.74, 6) is 1.31. The minimum absolute atomic E-state index is 0.100. The Labute approximate surface area is 141 Å². The van der Waals surface area contributed by atoms with Crippen LogP contribution in [0.5, 0.6) is 0 Å². The minimum atomic E-state index is -0.255. The van der Waals surface area contributed by atoms with Crippen LogP contribution in [0.25, 0.3) is 0 Å². The van der Waals surface area contributed by atoms with Gasteiger partial charge in [0.15, 0.2) is 0 Å². The number of amides is 2. The van der Waals surface area contributed by atoms with Crippen LogP contribution in [0.3, 0.4) is 0 Å². The topological polar surface area (TPSA) is 67.5 Å². The molecule has 1 aliphatic heterocycles. The van der Waals surface area contributed by atoms with Crippen LogP contribution < -0.4 is 10.9 Å². The molecule has 0 aliphatic carbocycles. The lowest BCUT2D eigenvalue weighted by Crippen LogP contribution is -2.43. The number of hydrogen-bond donors (Lipinski definition) is 1. The highest BCUT2D eigenvalue weighted by molar-refractivity contribution is 5.90. The van der Waals surface area contributed by atoms with Crippen molar-refractivity contribution in [1.29, 1.82) is 0 Å². The van der Waals surface area contributed by atoms with Gasteiger partial charge in [-0.05, 0) is 49.4 Å². The highest BCUT2D eigenvalue weighted by Gasteiger charge is 2.33. The number of carbonyl (C=O) groups is 1. The van der Waals surface area contributed by atoms with Crippen LogP contribution in [0.4, 0.5) is 10.5 Å². The molecular weight excluding hydrogens is 306 g/mol. The molecule has 1 saturated heterocycles. The number of aryl methyl sites for hydroxylation is 2. The van der Waals surface area contributed by atoms with Crippen LogP contribution in [0.2, 0.25) is 0 Å². The lowest BCUT2D eigenvalue weighted by Gasteiger charge is -2.37. The van der Waals surface area contributed by atoms with E-state index < -0.39 is 0 Å². The van der Waals surface area contributed by atoms with E-state index in [1.54, 1.807) is 24.4 Å². The predicted molar refractivity (Wildman–Crippen MR) is 92.0 cm³/mol. The van der Waals surface area contributed by atoms with Crippen LogP contribution in [0.1, 0.15) is 37.1 Å². The molecule has 0 bridgehead atoms. The van der Waals surface area contributed by atoms with E-state index in [2.05, 4.69) is 12.2 Å². The minimum Gasteiger partial charge on any atom is -0.467 e. The number of rotatable bonds is 2. The first-order valence-electron chi connectivity index (χ1n) is 8.24. The number of hydrogen-bond acceptors (Lipinski definition) is 3. The summed E-state index contributed by atoms with van der Waals surface area (Å²) in [6, 6.07) is 5.20. The molecule has 0 spiro atoms. The van der Waals surface area contributed by atoms with Gasteiger partial charge in [-0.15, -0.1) is 0 Å². The molecule has 2 atom stereocenters. The SMILES string of the molecule is Cc1ccn(C)c(=O)c1NC(=O)N1CC[C@@H](C)C[C@H]1c1ccco1. The molecule has 6 nitrogen and oxygen atoms in total.